The van der Waals surface area contributed by atoms with Crippen LogP contribution in [0.3, 0.4) is 0 Å². The van der Waals surface area contributed by atoms with Crippen molar-refractivity contribution in [1.29, 1.82) is 0 Å². The van der Waals surface area contributed by atoms with Gasteiger partial charge in [0.25, 0.3) is 5.91 Å². The molecule has 0 spiro atoms. The summed E-state index contributed by atoms with van der Waals surface area (Å²) >= 11 is 5.26. The molecule has 0 radical (unpaired) electrons. The van der Waals surface area contributed by atoms with Crippen LogP contribution in [-0.2, 0) is 4.79 Å². The highest BCUT2D eigenvalue weighted by atomic mass is 32.1. The Hall–Kier alpha value is -3.51. The zero-order valence-corrected chi connectivity index (χ0v) is 19.2. The van der Waals surface area contributed by atoms with Gasteiger partial charge >= 0.3 is 0 Å². The quantitative estimate of drug-likeness (QED) is 0.353. The summed E-state index contributed by atoms with van der Waals surface area (Å²) in [5.74, 6) is -0.369. The smallest absolute Gasteiger partial charge is 0.251 e. The number of rotatable bonds is 5. The third-order valence-corrected chi connectivity index (χ3v) is 6.02. The fourth-order valence-corrected chi connectivity index (χ4v) is 4.32. The molecule has 0 aliphatic heterocycles. The number of anilines is 1. The van der Waals surface area contributed by atoms with E-state index in [1.165, 1.54) is 25.3 Å². The van der Waals surface area contributed by atoms with Gasteiger partial charge in [0.05, 0.1) is 0 Å². The topological polar surface area (TPSA) is 70.2 Å². The second-order valence-electron chi connectivity index (χ2n) is 8.23. The Morgan fingerprint density at radius 3 is 2.39 bits per heavy atom. The van der Waals surface area contributed by atoms with E-state index in [1.807, 2.05) is 42.5 Å². The van der Waals surface area contributed by atoms with Gasteiger partial charge in [-0.3, -0.25) is 14.9 Å². The predicted molar refractivity (Wildman–Crippen MR) is 138 cm³/mol. The van der Waals surface area contributed by atoms with E-state index in [4.69, 9.17) is 12.2 Å². The highest BCUT2D eigenvalue weighted by Gasteiger charge is 2.16. The van der Waals surface area contributed by atoms with Gasteiger partial charge in [-0.05, 0) is 71.7 Å². The third kappa shape index (κ3) is 6.26. The minimum absolute atomic E-state index is 0.0529. The Morgan fingerprint density at radius 2 is 1.61 bits per heavy atom. The molecule has 5 nitrogen and oxygen atoms in total. The van der Waals surface area contributed by atoms with E-state index >= 15 is 0 Å². The molecule has 33 heavy (non-hydrogen) atoms. The second-order valence-corrected chi connectivity index (χ2v) is 8.64. The summed E-state index contributed by atoms with van der Waals surface area (Å²) in [6.07, 6.45) is 8.95. The number of thiocarbonyl (C=S) groups is 1. The number of hydrogen-bond acceptors (Lipinski definition) is 3. The van der Waals surface area contributed by atoms with Gasteiger partial charge in [-0.1, -0.05) is 61.7 Å². The third-order valence-electron chi connectivity index (χ3n) is 5.82. The fourth-order valence-electron chi connectivity index (χ4n) is 4.10. The molecule has 168 valence electrons. The Labute approximate surface area is 199 Å². The lowest BCUT2D eigenvalue weighted by Crippen LogP contribution is -2.36. The van der Waals surface area contributed by atoms with Gasteiger partial charge in [-0.25, -0.2) is 0 Å². The van der Waals surface area contributed by atoms with E-state index < -0.39 is 0 Å². The van der Waals surface area contributed by atoms with Crippen LogP contribution in [0, 0.1) is 0 Å². The number of carbonyl (C=O) groups is 2. The predicted octanol–water partition coefficient (Wildman–Crippen LogP) is 5.43. The maximum absolute atomic E-state index is 12.4. The lowest BCUT2D eigenvalue weighted by atomic mass is 9.95. The van der Waals surface area contributed by atoms with Crippen molar-refractivity contribution in [2.45, 2.75) is 38.1 Å². The van der Waals surface area contributed by atoms with Gasteiger partial charge in [0, 0.05) is 23.4 Å². The molecule has 0 atom stereocenters. The van der Waals surface area contributed by atoms with E-state index in [0.717, 1.165) is 29.2 Å². The molecular formula is C27H27N3O2S. The van der Waals surface area contributed by atoms with Crippen LogP contribution in [0.15, 0.2) is 72.8 Å². The minimum Gasteiger partial charge on any atom is -0.349 e. The summed E-state index contributed by atoms with van der Waals surface area (Å²) in [6, 6.07) is 21.3. The Kier molecular flexibility index (Phi) is 7.47. The van der Waals surface area contributed by atoms with Crippen LogP contribution in [-0.4, -0.2) is 23.0 Å². The molecular weight excluding hydrogens is 430 g/mol. The van der Waals surface area contributed by atoms with Crippen LogP contribution in [0.1, 0.15) is 48.0 Å². The first-order valence-corrected chi connectivity index (χ1v) is 11.7. The first kappa shape index (κ1) is 22.7. The van der Waals surface area contributed by atoms with Crippen LogP contribution >= 0.6 is 12.2 Å². The maximum Gasteiger partial charge on any atom is 0.251 e. The first-order chi connectivity index (χ1) is 16.1. The zero-order valence-electron chi connectivity index (χ0n) is 18.3. The van der Waals surface area contributed by atoms with E-state index in [2.05, 4.69) is 16.0 Å². The SMILES string of the molecule is O=C(/C=C/c1cccc2ccccc12)NC(=S)Nc1ccc(C(=O)NC2CCCCC2)cc1. The van der Waals surface area contributed by atoms with Crippen LogP contribution in [0.25, 0.3) is 16.8 Å². The maximum atomic E-state index is 12.4. The molecule has 1 aliphatic carbocycles. The van der Waals surface area contributed by atoms with Crippen LogP contribution in [0.4, 0.5) is 5.69 Å². The lowest BCUT2D eigenvalue weighted by Gasteiger charge is -2.22. The van der Waals surface area contributed by atoms with Gasteiger partial charge in [0.15, 0.2) is 5.11 Å². The first-order valence-electron chi connectivity index (χ1n) is 11.3. The second kappa shape index (κ2) is 10.9. The summed E-state index contributed by atoms with van der Waals surface area (Å²) in [6.45, 7) is 0. The van der Waals surface area contributed by atoms with Crippen molar-refractivity contribution in [3.8, 4) is 0 Å². The van der Waals surface area contributed by atoms with E-state index in [0.29, 0.717) is 11.3 Å². The number of benzene rings is 3. The standard InChI is InChI=1S/C27H27N3O2S/c31-25(18-15-20-9-6-8-19-7-4-5-12-24(19)20)30-27(33)29-23-16-13-21(14-17-23)26(32)28-22-10-2-1-3-11-22/h4-9,12-18,22H,1-3,10-11H2,(H,28,32)(H2,29,30,31,33)/b18-15+. The molecule has 4 rings (SSSR count). The average Bonchev–Trinajstić information content (AvgIpc) is 2.83. The van der Waals surface area contributed by atoms with Crippen molar-refractivity contribution >= 4 is 51.7 Å². The number of hydrogen-bond donors (Lipinski definition) is 3. The van der Waals surface area contributed by atoms with Gasteiger partial charge < -0.3 is 10.6 Å². The molecule has 0 bridgehead atoms. The molecule has 3 aromatic carbocycles. The average molecular weight is 458 g/mol. The summed E-state index contributed by atoms with van der Waals surface area (Å²) in [7, 11) is 0. The normalized spacial score (nSPS) is 14.2. The molecule has 0 aromatic heterocycles. The van der Waals surface area contributed by atoms with Crippen molar-refractivity contribution in [3.05, 3.63) is 83.9 Å². The summed E-state index contributed by atoms with van der Waals surface area (Å²) in [5, 5.41) is 11.1. The molecule has 1 fully saturated rings. The van der Waals surface area contributed by atoms with Gasteiger partial charge in [-0.15, -0.1) is 0 Å². The van der Waals surface area contributed by atoms with Crippen LogP contribution in [0.5, 0.6) is 0 Å². The van der Waals surface area contributed by atoms with Gasteiger partial charge in [0.1, 0.15) is 0 Å². The van der Waals surface area contributed by atoms with E-state index in [9.17, 15) is 9.59 Å². The van der Waals surface area contributed by atoms with Crippen LogP contribution < -0.4 is 16.0 Å². The Morgan fingerprint density at radius 1 is 0.879 bits per heavy atom. The highest BCUT2D eigenvalue weighted by molar-refractivity contribution is 7.80. The summed E-state index contributed by atoms with van der Waals surface area (Å²) < 4.78 is 0. The molecule has 6 heteroatoms. The van der Waals surface area contributed by atoms with Crippen molar-refractivity contribution in [3.63, 3.8) is 0 Å². The molecule has 3 aromatic rings. The molecule has 3 N–H and O–H groups in total. The zero-order chi connectivity index (χ0) is 23.0. The number of amides is 2. The lowest BCUT2D eigenvalue weighted by molar-refractivity contribution is -0.115. The minimum atomic E-state index is -0.316. The van der Waals surface area contributed by atoms with Crippen molar-refractivity contribution in [2.24, 2.45) is 0 Å². The Balaban J connectivity index is 1.29. The number of fused-ring (bicyclic) bond motifs is 1. The van der Waals surface area contributed by atoms with Crippen molar-refractivity contribution in [2.75, 3.05) is 5.32 Å². The summed E-state index contributed by atoms with van der Waals surface area (Å²) in [5.41, 5.74) is 2.27. The molecule has 0 saturated heterocycles. The monoisotopic (exact) mass is 457 g/mol. The molecule has 0 heterocycles. The van der Waals surface area contributed by atoms with Crippen molar-refractivity contribution in [1.82, 2.24) is 10.6 Å². The van der Waals surface area contributed by atoms with Crippen molar-refractivity contribution < 1.29 is 9.59 Å². The highest BCUT2D eigenvalue weighted by Crippen LogP contribution is 2.20. The number of nitrogens with one attached hydrogen (secondary N) is 3. The largest absolute Gasteiger partial charge is 0.349 e. The molecule has 1 saturated carbocycles. The molecule has 2 amide bonds. The van der Waals surface area contributed by atoms with Gasteiger partial charge in [0.2, 0.25) is 5.91 Å². The Bertz CT molecular complexity index is 1180. The van der Waals surface area contributed by atoms with E-state index in [-0.39, 0.29) is 23.0 Å². The molecule has 1 aliphatic rings. The van der Waals surface area contributed by atoms with Gasteiger partial charge in [-0.2, -0.15) is 0 Å². The van der Waals surface area contributed by atoms with E-state index in [1.54, 1.807) is 30.3 Å². The van der Waals surface area contributed by atoms with Crippen LogP contribution in [0.2, 0.25) is 0 Å². The summed E-state index contributed by atoms with van der Waals surface area (Å²) in [4.78, 5) is 24.7. The molecule has 0 unspecified atom stereocenters. The fraction of sp³-hybridized carbons (Fsp3) is 0.222. The number of carbonyl (C=O) groups excluding carboxylic acids is 2.